The minimum atomic E-state index is -0.146. The molecule has 1 fully saturated rings. The molecule has 0 bridgehead atoms. The highest BCUT2D eigenvalue weighted by atomic mass is 35.5. The summed E-state index contributed by atoms with van der Waals surface area (Å²) in [4.78, 5) is 0. The number of hydrogen-bond donors (Lipinski definition) is 1. The van der Waals surface area contributed by atoms with Gasteiger partial charge < -0.3 is 19.9 Å². The quantitative estimate of drug-likeness (QED) is 0.872. The zero-order chi connectivity index (χ0) is 15.2. The molecule has 1 aliphatic rings. The van der Waals surface area contributed by atoms with Gasteiger partial charge in [0, 0.05) is 29.7 Å². The molecule has 2 N–H and O–H groups in total. The van der Waals surface area contributed by atoms with Crippen molar-refractivity contribution in [1.29, 1.82) is 0 Å². The number of nitrogens with two attached hydrogens (primary N) is 1. The molecule has 2 atom stereocenters. The minimum absolute atomic E-state index is 0.146. The van der Waals surface area contributed by atoms with Crippen molar-refractivity contribution >= 4 is 11.6 Å². The van der Waals surface area contributed by atoms with Crippen LogP contribution in [0.15, 0.2) is 12.1 Å². The first-order chi connectivity index (χ1) is 10.2. The first kappa shape index (κ1) is 16.4. The first-order valence-electron chi connectivity index (χ1n) is 7.59. The molecule has 1 saturated heterocycles. The molecule has 2 rings (SSSR count). The molecule has 1 aliphatic heterocycles. The summed E-state index contributed by atoms with van der Waals surface area (Å²) in [6, 6.07) is 3.57. The fraction of sp³-hybridized carbons (Fsp3) is 0.625. The molecule has 0 aliphatic carbocycles. The summed E-state index contributed by atoms with van der Waals surface area (Å²) in [6.45, 7) is 6.53. The molecule has 0 radical (unpaired) electrons. The van der Waals surface area contributed by atoms with Crippen molar-refractivity contribution in [2.45, 2.75) is 32.7 Å². The smallest absolute Gasteiger partial charge is 0.162 e. The van der Waals surface area contributed by atoms with Crippen LogP contribution in [0.25, 0.3) is 0 Å². The predicted molar refractivity (Wildman–Crippen MR) is 84.3 cm³/mol. The predicted octanol–water partition coefficient (Wildman–Crippen LogP) is 3.56. The average molecular weight is 314 g/mol. The Morgan fingerprint density at radius 3 is 2.52 bits per heavy atom. The number of rotatable bonds is 6. The van der Waals surface area contributed by atoms with E-state index in [9.17, 15) is 0 Å². The van der Waals surface area contributed by atoms with Crippen molar-refractivity contribution in [2.24, 2.45) is 11.7 Å². The summed E-state index contributed by atoms with van der Waals surface area (Å²) in [5, 5.41) is 0.625. The first-order valence-corrected chi connectivity index (χ1v) is 7.97. The van der Waals surface area contributed by atoms with Gasteiger partial charge in [0.05, 0.1) is 19.8 Å². The van der Waals surface area contributed by atoms with Gasteiger partial charge in [0.1, 0.15) is 0 Å². The van der Waals surface area contributed by atoms with Crippen LogP contribution in [0.5, 0.6) is 11.5 Å². The molecular weight excluding hydrogens is 290 g/mol. The molecule has 0 spiro atoms. The molecule has 0 aromatic heterocycles. The fourth-order valence-corrected chi connectivity index (χ4v) is 2.93. The Labute approximate surface area is 131 Å². The maximum absolute atomic E-state index is 6.40. The van der Waals surface area contributed by atoms with Crippen LogP contribution in [0.4, 0.5) is 0 Å². The van der Waals surface area contributed by atoms with E-state index in [0.29, 0.717) is 42.3 Å². The van der Waals surface area contributed by atoms with E-state index in [2.05, 4.69) is 0 Å². The summed E-state index contributed by atoms with van der Waals surface area (Å²) >= 11 is 6.39. The minimum Gasteiger partial charge on any atom is -0.490 e. The van der Waals surface area contributed by atoms with Crippen molar-refractivity contribution in [1.82, 2.24) is 0 Å². The lowest BCUT2D eigenvalue weighted by Gasteiger charge is -2.28. The van der Waals surface area contributed by atoms with E-state index in [1.807, 2.05) is 19.9 Å². The number of hydrogen-bond acceptors (Lipinski definition) is 4. The van der Waals surface area contributed by atoms with Crippen molar-refractivity contribution in [3.63, 3.8) is 0 Å². The molecule has 21 heavy (non-hydrogen) atoms. The molecule has 1 aromatic rings. The van der Waals surface area contributed by atoms with Gasteiger partial charge in [0.15, 0.2) is 11.5 Å². The van der Waals surface area contributed by atoms with Gasteiger partial charge >= 0.3 is 0 Å². The Kier molecular flexibility index (Phi) is 6.15. The highest BCUT2D eigenvalue weighted by molar-refractivity contribution is 6.31. The molecule has 0 amide bonds. The Bertz CT molecular complexity index is 461. The SMILES string of the molecule is CCOc1cc(Cl)c(C(N)C2CCCOC2)cc1OCC. The third-order valence-corrected chi connectivity index (χ3v) is 4.05. The maximum Gasteiger partial charge on any atom is 0.162 e. The Morgan fingerprint density at radius 1 is 1.29 bits per heavy atom. The highest BCUT2D eigenvalue weighted by Gasteiger charge is 2.25. The van der Waals surface area contributed by atoms with Gasteiger partial charge in [0.25, 0.3) is 0 Å². The molecule has 1 aromatic carbocycles. The fourth-order valence-electron chi connectivity index (χ4n) is 2.65. The van der Waals surface area contributed by atoms with Gasteiger partial charge in [-0.25, -0.2) is 0 Å². The van der Waals surface area contributed by atoms with Crippen LogP contribution in [-0.2, 0) is 4.74 Å². The standard InChI is InChI=1S/C16H24ClNO3/c1-3-20-14-8-12(13(17)9-15(14)21-4-2)16(18)11-6-5-7-19-10-11/h8-9,11,16H,3-7,10,18H2,1-2H3. The second-order valence-corrected chi connectivity index (χ2v) is 5.60. The highest BCUT2D eigenvalue weighted by Crippen LogP contribution is 2.38. The number of halogens is 1. The summed E-state index contributed by atoms with van der Waals surface area (Å²) in [5.74, 6) is 1.66. The summed E-state index contributed by atoms with van der Waals surface area (Å²) in [7, 11) is 0. The topological polar surface area (TPSA) is 53.7 Å². The summed E-state index contributed by atoms with van der Waals surface area (Å²) in [5.41, 5.74) is 7.30. The largest absolute Gasteiger partial charge is 0.490 e. The maximum atomic E-state index is 6.40. The third kappa shape index (κ3) is 4.02. The van der Waals surface area contributed by atoms with Crippen molar-refractivity contribution < 1.29 is 14.2 Å². The van der Waals surface area contributed by atoms with Gasteiger partial charge in [-0.3, -0.25) is 0 Å². The van der Waals surface area contributed by atoms with E-state index in [1.54, 1.807) is 6.07 Å². The van der Waals surface area contributed by atoms with Crippen LogP contribution >= 0.6 is 11.6 Å². The van der Waals surface area contributed by atoms with Crippen molar-refractivity contribution in [2.75, 3.05) is 26.4 Å². The van der Waals surface area contributed by atoms with E-state index in [-0.39, 0.29) is 6.04 Å². The second kappa shape index (κ2) is 7.87. The van der Waals surface area contributed by atoms with Crippen LogP contribution in [-0.4, -0.2) is 26.4 Å². The van der Waals surface area contributed by atoms with Gasteiger partial charge in [-0.15, -0.1) is 0 Å². The van der Waals surface area contributed by atoms with Gasteiger partial charge in [-0.05, 0) is 38.3 Å². The lowest BCUT2D eigenvalue weighted by molar-refractivity contribution is 0.0447. The van der Waals surface area contributed by atoms with Crippen molar-refractivity contribution in [3.8, 4) is 11.5 Å². The molecule has 118 valence electrons. The summed E-state index contributed by atoms with van der Waals surface area (Å²) in [6.07, 6.45) is 2.11. The van der Waals surface area contributed by atoms with Gasteiger partial charge in [-0.1, -0.05) is 11.6 Å². The number of ether oxygens (including phenoxy) is 3. The van der Waals surface area contributed by atoms with E-state index in [4.69, 9.17) is 31.5 Å². The molecule has 4 nitrogen and oxygen atoms in total. The van der Waals surface area contributed by atoms with Gasteiger partial charge in [0.2, 0.25) is 0 Å². The lowest BCUT2D eigenvalue weighted by atomic mass is 9.89. The molecule has 0 saturated carbocycles. The number of benzene rings is 1. The normalized spacial score (nSPS) is 20.1. The average Bonchev–Trinajstić information content (AvgIpc) is 2.50. The van der Waals surface area contributed by atoms with Crippen molar-refractivity contribution in [3.05, 3.63) is 22.7 Å². The van der Waals surface area contributed by atoms with Crippen LogP contribution in [0.2, 0.25) is 5.02 Å². The molecule has 5 heteroatoms. The molecule has 2 unspecified atom stereocenters. The Morgan fingerprint density at radius 2 is 1.95 bits per heavy atom. The zero-order valence-corrected chi connectivity index (χ0v) is 13.5. The van der Waals surface area contributed by atoms with Crippen LogP contribution < -0.4 is 15.2 Å². The van der Waals surface area contributed by atoms with E-state index in [0.717, 1.165) is 25.0 Å². The molecular formula is C16H24ClNO3. The van der Waals surface area contributed by atoms with Crippen LogP contribution in [0, 0.1) is 5.92 Å². The second-order valence-electron chi connectivity index (χ2n) is 5.19. The van der Waals surface area contributed by atoms with Gasteiger partial charge in [-0.2, -0.15) is 0 Å². The lowest BCUT2D eigenvalue weighted by Crippen LogP contribution is -2.29. The van der Waals surface area contributed by atoms with Crippen LogP contribution in [0.1, 0.15) is 38.3 Å². The zero-order valence-electron chi connectivity index (χ0n) is 12.7. The Hall–Kier alpha value is -0.970. The van der Waals surface area contributed by atoms with Crippen LogP contribution in [0.3, 0.4) is 0 Å². The van der Waals surface area contributed by atoms with E-state index < -0.39 is 0 Å². The van der Waals surface area contributed by atoms with E-state index >= 15 is 0 Å². The summed E-state index contributed by atoms with van der Waals surface area (Å²) < 4.78 is 16.8. The van der Waals surface area contributed by atoms with E-state index in [1.165, 1.54) is 0 Å². The Balaban J connectivity index is 2.27. The molecule has 1 heterocycles. The monoisotopic (exact) mass is 313 g/mol. The third-order valence-electron chi connectivity index (χ3n) is 3.73.